The molecule has 1 amide bonds. The third kappa shape index (κ3) is 3.04. The Hall–Kier alpha value is -2.15. The molecule has 3 rings (SSSR count). The van der Waals surface area contributed by atoms with Crippen molar-refractivity contribution in [3.05, 3.63) is 68.9 Å². The van der Waals surface area contributed by atoms with Crippen LogP contribution < -0.4 is 5.43 Å². The largest absolute Gasteiger partial charge is 0.350 e. The Morgan fingerprint density at radius 2 is 1.91 bits per heavy atom. The van der Waals surface area contributed by atoms with Gasteiger partial charge in [-0.1, -0.05) is 30.3 Å². The van der Waals surface area contributed by atoms with Crippen molar-refractivity contribution in [1.29, 1.82) is 0 Å². The quantitative estimate of drug-likeness (QED) is 0.390. The van der Waals surface area contributed by atoms with Crippen LogP contribution in [0.4, 0.5) is 0 Å². The minimum atomic E-state index is -0.240. The fourth-order valence-electron chi connectivity index (χ4n) is 2.28. The molecule has 0 saturated heterocycles. The number of carbonyl (C=O) groups excluding carboxylic acids is 1. The first-order valence-corrected chi connectivity index (χ1v) is 7.89. The number of carbonyl (C=O) groups is 1. The van der Waals surface area contributed by atoms with E-state index in [1.54, 1.807) is 6.21 Å². The molecule has 1 aromatic heterocycles. The highest BCUT2D eigenvalue weighted by atomic mass is 127. The number of benzene rings is 2. The molecule has 2 aromatic carbocycles. The maximum atomic E-state index is 12.2. The van der Waals surface area contributed by atoms with E-state index in [-0.39, 0.29) is 5.91 Å². The molecular formula is C17H14IN3O. The number of amides is 1. The molecule has 0 radical (unpaired) electrons. The number of H-pyrrole nitrogens is 1. The highest BCUT2D eigenvalue weighted by molar-refractivity contribution is 14.1. The number of halogens is 1. The number of nitrogens with one attached hydrogen (secondary N) is 2. The van der Waals surface area contributed by atoms with Crippen LogP contribution in [0.3, 0.4) is 0 Å². The number of aryl methyl sites for hydroxylation is 1. The highest BCUT2D eigenvalue weighted by Crippen LogP contribution is 2.21. The van der Waals surface area contributed by atoms with Crippen LogP contribution in [0.2, 0.25) is 0 Å². The molecule has 0 aliphatic rings. The van der Waals surface area contributed by atoms with Gasteiger partial charge in [-0.15, -0.1) is 0 Å². The molecule has 22 heavy (non-hydrogen) atoms. The summed E-state index contributed by atoms with van der Waals surface area (Å²) >= 11 is 2.24. The van der Waals surface area contributed by atoms with Crippen molar-refractivity contribution >= 4 is 45.6 Å². The standard InChI is InChI=1S/C17H14IN3O/c1-11-14-4-2-3-5-15(14)20-16(11)17(22)21-19-10-12-6-8-13(18)9-7-12/h2-10,20H,1H3,(H,21,22)/b19-10-. The zero-order chi connectivity index (χ0) is 15.5. The van der Waals surface area contributed by atoms with Gasteiger partial charge in [0, 0.05) is 14.5 Å². The minimum Gasteiger partial charge on any atom is -0.350 e. The van der Waals surface area contributed by atoms with Crippen LogP contribution in [0.1, 0.15) is 21.6 Å². The zero-order valence-corrected chi connectivity index (χ0v) is 14.1. The van der Waals surface area contributed by atoms with E-state index in [0.29, 0.717) is 5.69 Å². The van der Waals surface area contributed by atoms with Gasteiger partial charge in [-0.25, -0.2) is 5.43 Å². The number of aromatic amines is 1. The number of nitrogens with zero attached hydrogens (tertiary/aromatic N) is 1. The normalized spacial score (nSPS) is 11.2. The average molecular weight is 403 g/mol. The lowest BCUT2D eigenvalue weighted by molar-refractivity contribution is 0.0950. The topological polar surface area (TPSA) is 57.2 Å². The summed E-state index contributed by atoms with van der Waals surface area (Å²) < 4.78 is 1.16. The first kappa shape index (κ1) is 14.8. The first-order chi connectivity index (χ1) is 10.6. The lowest BCUT2D eigenvalue weighted by atomic mass is 10.1. The van der Waals surface area contributed by atoms with Gasteiger partial charge in [0.2, 0.25) is 0 Å². The van der Waals surface area contributed by atoms with Crippen molar-refractivity contribution in [2.75, 3.05) is 0 Å². The third-order valence-corrected chi connectivity index (χ3v) is 4.16. The Kier molecular flexibility index (Phi) is 4.24. The summed E-state index contributed by atoms with van der Waals surface area (Å²) in [5.41, 5.74) is 5.92. The summed E-state index contributed by atoms with van der Waals surface area (Å²) in [4.78, 5) is 15.4. The SMILES string of the molecule is Cc1c(C(=O)N/N=C\c2ccc(I)cc2)[nH]c2ccccc12. The molecule has 1 heterocycles. The van der Waals surface area contributed by atoms with E-state index in [4.69, 9.17) is 0 Å². The second kappa shape index (κ2) is 6.31. The number of rotatable bonds is 3. The molecule has 0 unspecified atom stereocenters. The summed E-state index contributed by atoms with van der Waals surface area (Å²) in [6, 6.07) is 15.7. The van der Waals surface area contributed by atoms with Crippen LogP contribution in [-0.4, -0.2) is 17.1 Å². The molecule has 0 saturated carbocycles. The van der Waals surface area contributed by atoms with Crippen molar-refractivity contribution in [1.82, 2.24) is 10.4 Å². The molecule has 0 bridgehead atoms. The fraction of sp³-hybridized carbons (Fsp3) is 0.0588. The molecule has 0 spiro atoms. The number of hydrazone groups is 1. The number of aromatic nitrogens is 1. The van der Waals surface area contributed by atoms with Crippen LogP contribution in [0.25, 0.3) is 10.9 Å². The Morgan fingerprint density at radius 1 is 1.18 bits per heavy atom. The van der Waals surface area contributed by atoms with Crippen molar-refractivity contribution in [2.45, 2.75) is 6.92 Å². The van der Waals surface area contributed by atoms with Gasteiger partial charge in [0.25, 0.3) is 5.91 Å². The molecule has 4 nitrogen and oxygen atoms in total. The number of hydrogen-bond donors (Lipinski definition) is 2. The number of fused-ring (bicyclic) bond motifs is 1. The van der Waals surface area contributed by atoms with Gasteiger partial charge in [-0.2, -0.15) is 5.10 Å². The van der Waals surface area contributed by atoms with Crippen molar-refractivity contribution < 1.29 is 4.79 Å². The molecule has 0 atom stereocenters. The number of para-hydroxylation sites is 1. The molecule has 0 fully saturated rings. The van der Waals surface area contributed by atoms with Crippen molar-refractivity contribution in [3.63, 3.8) is 0 Å². The molecule has 110 valence electrons. The smallest absolute Gasteiger partial charge is 0.288 e. The molecule has 5 heteroatoms. The Morgan fingerprint density at radius 3 is 2.64 bits per heavy atom. The Balaban J connectivity index is 1.76. The lowest BCUT2D eigenvalue weighted by Crippen LogP contribution is -2.18. The van der Waals surface area contributed by atoms with E-state index in [2.05, 4.69) is 38.1 Å². The van der Waals surface area contributed by atoms with E-state index >= 15 is 0 Å². The first-order valence-electron chi connectivity index (χ1n) is 6.81. The van der Waals surface area contributed by atoms with Crippen LogP contribution in [0.15, 0.2) is 53.6 Å². The molecule has 0 aliphatic carbocycles. The van der Waals surface area contributed by atoms with E-state index in [1.165, 1.54) is 0 Å². The maximum Gasteiger partial charge on any atom is 0.288 e. The molecule has 2 N–H and O–H groups in total. The van der Waals surface area contributed by atoms with Crippen molar-refractivity contribution in [3.8, 4) is 0 Å². The van der Waals surface area contributed by atoms with Crippen molar-refractivity contribution in [2.24, 2.45) is 5.10 Å². The van der Waals surface area contributed by atoms with E-state index in [9.17, 15) is 4.79 Å². The summed E-state index contributed by atoms with van der Waals surface area (Å²) in [6.45, 7) is 1.93. The van der Waals surface area contributed by atoms with Crippen LogP contribution in [-0.2, 0) is 0 Å². The fourth-order valence-corrected chi connectivity index (χ4v) is 2.64. The minimum absolute atomic E-state index is 0.240. The second-order valence-corrected chi connectivity index (χ2v) is 6.17. The predicted octanol–water partition coefficient (Wildman–Crippen LogP) is 3.84. The summed E-state index contributed by atoms with van der Waals surface area (Å²) in [5, 5.41) is 5.06. The van der Waals surface area contributed by atoms with Gasteiger partial charge >= 0.3 is 0 Å². The van der Waals surface area contributed by atoms with Crippen LogP contribution in [0.5, 0.6) is 0 Å². The highest BCUT2D eigenvalue weighted by Gasteiger charge is 2.13. The van der Waals surface area contributed by atoms with Gasteiger partial charge < -0.3 is 4.98 Å². The van der Waals surface area contributed by atoms with Gasteiger partial charge in [-0.3, -0.25) is 4.79 Å². The van der Waals surface area contributed by atoms with Gasteiger partial charge in [0.15, 0.2) is 0 Å². The second-order valence-electron chi connectivity index (χ2n) is 4.92. The predicted molar refractivity (Wildman–Crippen MR) is 97.3 cm³/mol. The molecule has 3 aromatic rings. The summed E-state index contributed by atoms with van der Waals surface area (Å²) in [6.07, 6.45) is 1.63. The van der Waals surface area contributed by atoms with Gasteiger partial charge in [-0.05, 0) is 58.8 Å². The summed E-state index contributed by atoms with van der Waals surface area (Å²) in [5.74, 6) is -0.240. The maximum absolute atomic E-state index is 12.2. The van der Waals surface area contributed by atoms with E-state index in [0.717, 1.165) is 25.6 Å². The van der Waals surface area contributed by atoms with E-state index < -0.39 is 0 Å². The zero-order valence-electron chi connectivity index (χ0n) is 11.9. The Labute approximate surface area is 141 Å². The third-order valence-electron chi connectivity index (χ3n) is 3.44. The van der Waals surface area contributed by atoms with Crippen LogP contribution in [0, 0.1) is 10.5 Å². The molecular weight excluding hydrogens is 389 g/mol. The lowest BCUT2D eigenvalue weighted by Gasteiger charge is -1.99. The van der Waals surface area contributed by atoms with E-state index in [1.807, 2.05) is 55.5 Å². The number of hydrogen-bond acceptors (Lipinski definition) is 2. The summed E-state index contributed by atoms with van der Waals surface area (Å²) in [7, 11) is 0. The van der Waals surface area contributed by atoms with Crippen LogP contribution >= 0.6 is 22.6 Å². The average Bonchev–Trinajstić information content (AvgIpc) is 2.87. The molecule has 0 aliphatic heterocycles. The monoisotopic (exact) mass is 403 g/mol. The Bertz CT molecular complexity index is 850. The van der Waals surface area contributed by atoms with Gasteiger partial charge in [0.1, 0.15) is 5.69 Å². The van der Waals surface area contributed by atoms with Gasteiger partial charge in [0.05, 0.1) is 6.21 Å².